The zero-order valence-electron chi connectivity index (χ0n) is 19.6. The van der Waals surface area contributed by atoms with Gasteiger partial charge in [0.2, 0.25) is 5.95 Å². The average molecular weight is 468 g/mol. The maximum absolute atomic E-state index is 13.6. The number of methoxy groups -OCH3 is 2. The predicted molar refractivity (Wildman–Crippen MR) is 135 cm³/mol. The number of hydrogen-bond acceptors (Lipinski definition) is 6. The van der Waals surface area contributed by atoms with Gasteiger partial charge in [0.1, 0.15) is 17.5 Å². The van der Waals surface area contributed by atoms with Crippen molar-refractivity contribution in [3.8, 4) is 22.9 Å². The Kier molecular flexibility index (Phi) is 5.93. The highest BCUT2D eigenvalue weighted by Crippen LogP contribution is 2.41. The van der Waals surface area contributed by atoms with Gasteiger partial charge in [0.25, 0.3) is 5.91 Å². The topological polar surface area (TPSA) is 90.3 Å². The molecule has 2 heterocycles. The summed E-state index contributed by atoms with van der Waals surface area (Å²) in [5.41, 5.74) is 3.53. The highest BCUT2D eigenvalue weighted by molar-refractivity contribution is 6.06. The van der Waals surface area contributed by atoms with Gasteiger partial charge in [-0.1, -0.05) is 48.5 Å². The number of hydrogen-bond donors (Lipinski definition) is 2. The molecule has 1 amide bonds. The molecule has 0 bridgehead atoms. The van der Waals surface area contributed by atoms with Crippen LogP contribution in [0.15, 0.2) is 90.1 Å². The minimum atomic E-state index is -0.583. The minimum Gasteiger partial charge on any atom is -0.497 e. The second-order valence-corrected chi connectivity index (χ2v) is 8.06. The lowest BCUT2D eigenvalue weighted by Gasteiger charge is -2.29. The molecule has 1 aliphatic heterocycles. The summed E-state index contributed by atoms with van der Waals surface area (Å²) >= 11 is 0. The van der Waals surface area contributed by atoms with E-state index in [1.165, 1.54) is 0 Å². The first kappa shape index (κ1) is 22.2. The molecule has 4 aromatic rings. The molecule has 35 heavy (non-hydrogen) atoms. The number of carbonyl (C=O) groups excluding carboxylic acids is 1. The standard InChI is InChI=1S/C27H25N5O3/c1-17-23(26(33)29-19-12-8-5-9-13-19)24(21-15-14-20(34-2)16-22(21)35-3)32-27(28-17)30-25(31-32)18-10-6-4-7-11-18/h4-16,24H,1-3H3,(H,29,33)(H,28,30,31)/t24-/m1/s1. The lowest BCUT2D eigenvalue weighted by atomic mass is 9.94. The number of benzene rings is 3. The Morgan fingerprint density at radius 1 is 0.971 bits per heavy atom. The van der Waals surface area contributed by atoms with Crippen molar-refractivity contribution in [2.45, 2.75) is 13.0 Å². The van der Waals surface area contributed by atoms with Gasteiger partial charge in [0.05, 0.1) is 19.8 Å². The van der Waals surface area contributed by atoms with Crippen molar-refractivity contribution < 1.29 is 14.3 Å². The van der Waals surface area contributed by atoms with Crippen LogP contribution < -0.4 is 20.1 Å². The summed E-state index contributed by atoms with van der Waals surface area (Å²) in [5, 5.41) is 11.1. The second-order valence-electron chi connectivity index (χ2n) is 8.06. The number of nitrogens with one attached hydrogen (secondary N) is 2. The highest BCUT2D eigenvalue weighted by Gasteiger charge is 2.36. The Morgan fingerprint density at radius 2 is 1.69 bits per heavy atom. The van der Waals surface area contributed by atoms with E-state index in [4.69, 9.17) is 19.6 Å². The average Bonchev–Trinajstić information content (AvgIpc) is 3.32. The molecule has 5 rings (SSSR count). The molecule has 0 saturated heterocycles. The predicted octanol–water partition coefficient (Wildman–Crippen LogP) is 4.89. The van der Waals surface area contributed by atoms with E-state index in [1.807, 2.05) is 79.7 Å². The van der Waals surface area contributed by atoms with Crippen LogP contribution in [0, 0.1) is 0 Å². The molecule has 0 fully saturated rings. The highest BCUT2D eigenvalue weighted by atomic mass is 16.5. The van der Waals surface area contributed by atoms with Gasteiger partial charge in [-0.15, -0.1) is 5.10 Å². The third-order valence-electron chi connectivity index (χ3n) is 5.90. The molecule has 2 N–H and O–H groups in total. The summed E-state index contributed by atoms with van der Waals surface area (Å²) in [6.45, 7) is 1.86. The number of nitrogens with zero attached hydrogens (tertiary/aromatic N) is 3. The number of allylic oxidation sites excluding steroid dienone is 1. The van der Waals surface area contributed by atoms with Crippen molar-refractivity contribution in [2.24, 2.45) is 0 Å². The first-order valence-corrected chi connectivity index (χ1v) is 11.2. The zero-order chi connectivity index (χ0) is 24.4. The van der Waals surface area contributed by atoms with Crippen LogP contribution in [0.2, 0.25) is 0 Å². The fraction of sp³-hybridized carbons (Fsp3) is 0.148. The molecule has 0 saturated carbocycles. The van der Waals surface area contributed by atoms with Crippen molar-refractivity contribution in [3.05, 3.63) is 95.7 Å². The van der Waals surface area contributed by atoms with E-state index in [-0.39, 0.29) is 5.91 Å². The third-order valence-corrected chi connectivity index (χ3v) is 5.90. The number of para-hydroxylation sites is 1. The van der Waals surface area contributed by atoms with Gasteiger partial charge in [0.15, 0.2) is 5.82 Å². The third kappa shape index (κ3) is 4.21. The van der Waals surface area contributed by atoms with Gasteiger partial charge in [-0.25, -0.2) is 4.68 Å². The van der Waals surface area contributed by atoms with Crippen molar-refractivity contribution in [1.29, 1.82) is 0 Å². The number of rotatable bonds is 6. The summed E-state index contributed by atoms with van der Waals surface area (Å²) in [5.74, 6) is 2.09. The number of aromatic nitrogens is 3. The lowest BCUT2D eigenvalue weighted by Crippen LogP contribution is -2.31. The Balaban J connectivity index is 1.65. The summed E-state index contributed by atoms with van der Waals surface area (Å²) in [6.07, 6.45) is 0. The first-order valence-electron chi connectivity index (χ1n) is 11.2. The minimum absolute atomic E-state index is 0.244. The van der Waals surface area contributed by atoms with Crippen LogP contribution in [0.5, 0.6) is 11.5 Å². The number of fused-ring (bicyclic) bond motifs is 1. The van der Waals surface area contributed by atoms with Crippen LogP contribution in [-0.2, 0) is 4.79 Å². The smallest absolute Gasteiger partial charge is 0.255 e. The molecule has 1 aromatic heterocycles. The molecule has 0 aliphatic carbocycles. The van der Waals surface area contributed by atoms with Crippen LogP contribution in [0.1, 0.15) is 18.5 Å². The lowest BCUT2D eigenvalue weighted by molar-refractivity contribution is -0.113. The Bertz CT molecular complexity index is 1400. The monoisotopic (exact) mass is 467 g/mol. The second kappa shape index (κ2) is 9.34. The van der Waals surface area contributed by atoms with Crippen LogP contribution in [0.4, 0.5) is 11.6 Å². The molecular formula is C27H25N5O3. The quantitative estimate of drug-likeness (QED) is 0.420. The maximum Gasteiger partial charge on any atom is 0.255 e. The largest absolute Gasteiger partial charge is 0.497 e. The SMILES string of the molecule is COc1ccc([C@@H]2C(C(=O)Nc3ccccc3)=C(C)Nc3nc(-c4ccccc4)nn32)c(OC)c1. The number of carbonyl (C=O) groups is 1. The number of ether oxygens (including phenoxy) is 2. The van der Waals surface area contributed by atoms with E-state index in [1.54, 1.807) is 25.0 Å². The Morgan fingerprint density at radius 3 is 2.37 bits per heavy atom. The van der Waals surface area contributed by atoms with E-state index in [0.717, 1.165) is 11.1 Å². The van der Waals surface area contributed by atoms with Crippen LogP contribution in [0.3, 0.4) is 0 Å². The number of amides is 1. The Hall–Kier alpha value is -4.59. The molecule has 8 nitrogen and oxygen atoms in total. The van der Waals surface area contributed by atoms with E-state index in [2.05, 4.69) is 10.6 Å². The fourth-order valence-electron chi connectivity index (χ4n) is 4.21. The molecule has 1 atom stereocenters. The molecule has 8 heteroatoms. The van der Waals surface area contributed by atoms with Crippen LogP contribution in [0.25, 0.3) is 11.4 Å². The molecule has 1 aliphatic rings. The van der Waals surface area contributed by atoms with E-state index in [9.17, 15) is 4.79 Å². The maximum atomic E-state index is 13.6. The normalized spacial score (nSPS) is 14.7. The summed E-state index contributed by atoms with van der Waals surface area (Å²) in [7, 11) is 3.20. The Labute approximate surface area is 203 Å². The zero-order valence-corrected chi connectivity index (χ0v) is 19.6. The van der Waals surface area contributed by atoms with Crippen molar-refractivity contribution in [2.75, 3.05) is 24.9 Å². The number of anilines is 2. The summed E-state index contributed by atoms with van der Waals surface area (Å²) in [4.78, 5) is 18.4. The van der Waals surface area contributed by atoms with Crippen molar-refractivity contribution >= 4 is 17.5 Å². The van der Waals surface area contributed by atoms with Crippen LogP contribution in [-0.4, -0.2) is 34.9 Å². The van der Waals surface area contributed by atoms with Crippen molar-refractivity contribution in [1.82, 2.24) is 14.8 Å². The molecule has 0 spiro atoms. The van der Waals surface area contributed by atoms with E-state index in [0.29, 0.717) is 40.2 Å². The van der Waals surface area contributed by atoms with E-state index >= 15 is 0 Å². The molecule has 176 valence electrons. The molecule has 0 unspecified atom stereocenters. The summed E-state index contributed by atoms with van der Waals surface area (Å²) in [6, 6.07) is 24.0. The van der Waals surface area contributed by atoms with Gasteiger partial charge < -0.3 is 20.1 Å². The van der Waals surface area contributed by atoms with Crippen LogP contribution >= 0.6 is 0 Å². The van der Waals surface area contributed by atoms with Gasteiger partial charge in [-0.05, 0) is 31.2 Å². The van der Waals surface area contributed by atoms with Crippen molar-refractivity contribution in [3.63, 3.8) is 0 Å². The van der Waals surface area contributed by atoms with Gasteiger partial charge in [-0.3, -0.25) is 4.79 Å². The summed E-state index contributed by atoms with van der Waals surface area (Å²) < 4.78 is 12.8. The van der Waals surface area contributed by atoms with Gasteiger partial charge >= 0.3 is 0 Å². The fourth-order valence-corrected chi connectivity index (χ4v) is 4.21. The van der Waals surface area contributed by atoms with Gasteiger partial charge in [-0.2, -0.15) is 4.98 Å². The molecular weight excluding hydrogens is 442 g/mol. The first-order chi connectivity index (χ1) is 17.1. The van der Waals surface area contributed by atoms with Gasteiger partial charge in [0, 0.05) is 28.6 Å². The molecule has 3 aromatic carbocycles. The van der Waals surface area contributed by atoms with E-state index < -0.39 is 6.04 Å². The molecule has 0 radical (unpaired) electrons.